The minimum atomic E-state index is -0.213. The summed E-state index contributed by atoms with van der Waals surface area (Å²) in [4.78, 5) is 1.20. The molecular formula is C17H21FN2S. The first kappa shape index (κ1) is 16.0. The fraction of sp³-hybridized carbons (Fsp3) is 0.294. The number of thioether (sulfide) groups is 1. The number of hydrazine groups is 1. The third-order valence-electron chi connectivity index (χ3n) is 3.53. The van der Waals surface area contributed by atoms with Crippen LogP contribution in [0.25, 0.3) is 0 Å². The van der Waals surface area contributed by atoms with Gasteiger partial charge in [0, 0.05) is 16.2 Å². The highest BCUT2D eigenvalue weighted by Crippen LogP contribution is 2.29. The van der Waals surface area contributed by atoms with Crippen molar-refractivity contribution in [1.29, 1.82) is 0 Å². The topological polar surface area (TPSA) is 38.0 Å². The summed E-state index contributed by atoms with van der Waals surface area (Å²) >= 11 is 1.69. The van der Waals surface area contributed by atoms with Gasteiger partial charge in [-0.15, -0.1) is 11.8 Å². The average molecular weight is 304 g/mol. The number of aryl methyl sites for hydroxylation is 3. The van der Waals surface area contributed by atoms with E-state index in [0.29, 0.717) is 11.3 Å². The molecule has 0 aliphatic carbocycles. The van der Waals surface area contributed by atoms with Gasteiger partial charge >= 0.3 is 0 Å². The summed E-state index contributed by atoms with van der Waals surface area (Å²) in [7, 11) is 0. The van der Waals surface area contributed by atoms with Crippen molar-refractivity contribution < 1.29 is 4.39 Å². The lowest BCUT2D eigenvalue weighted by atomic mass is 10.00. The van der Waals surface area contributed by atoms with E-state index in [9.17, 15) is 4.39 Å². The van der Waals surface area contributed by atoms with Gasteiger partial charge in [-0.25, -0.2) is 4.39 Å². The fourth-order valence-electron chi connectivity index (χ4n) is 2.47. The van der Waals surface area contributed by atoms with Gasteiger partial charge in [-0.05, 0) is 49.6 Å². The summed E-state index contributed by atoms with van der Waals surface area (Å²) in [6, 6.07) is 11.5. The maximum Gasteiger partial charge on any atom is 0.128 e. The Hall–Kier alpha value is -1.36. The molecule has 0 aliphatic heterocycles. The lowest BCUT2D eigenvalue weighted by molar-refractivity contribution is 0.542. The number of nitrogens with two attached hydrogens (primary N) is 1. The van der Waals surface area contributed by atoms with Crippen LogP contribution in [0.3, 0.4) is 0 Å². The SMILES string of the molecule is Cc1cc(C)c(C(CSc2ccccc2C)NN)c(F)c1. The Morgan fingerprint density at radius 1 is 1.14 bits per heavy atom. The van der Waals surface area contributed by atoms with Crippen LogP contribution in [0.4, 0.5) is 4.39 Å². The molecule has 0 heterocycles. The Labute approximate surface area is 129 Å². The molecule has 112 valence electrons. The monoisotopic (exact) mass is 304 g/mol. The van der Waals surface area contributed by atoms with Gasteiger partial charge in [0.15, 0.2) is 0 Å². The van der Waals surface area contributed by atoms with Crippen LogP contribution in [0.2, 0.25) is 0 Å². The summed E-state index contributed by atoms with van der Waals surface area (Å²) in [5.41, 5.74) is 6.48. The van der Waals surface area contributed by atoms with Crippen LogP contribution in [0.5, 0.6) is 0 Å². The highest BCUT2D eigenvalue weighted by atomic mass is 32.2. The summed E-state index contributed by atoms with van der Waals surface area (Å²) in [6.07, 6.45) is 0. The average Bonchev–Trinajstić information content (AvgIpc) is 2.43. The third kappa shape index (κ3) is 3.84. The Morgan fingerprint density at radius 2 is 1.86 bits per heavy atom. The zero-order valence-electron chi connectivity index (χ0n) is 12.6. The van der Waals surface area contributed by atoms with Crippen molar-refractivity contribution >= 4 is 11.8 Å². The maximum absolute atomic E-state index is 14.2. The van der Waals surface area contributed by atoms with Crippen LogP contribution in [0.15, 0.2) is 41.3 Å². The molecule has 1 atom stereocenters. The summed E-state index contributed by atoms with van der Waals surface area (Å²) in [6.45, 7) is 5.89. The molecule has 3 N–H and O–H groups in total. The largest absolute Gasteiger partial charge is 0.271 e. The van der Waals surface area contributed by atoms with E-state index in [0.717, 1.165) is 11.1 Å². The number of nitrogens with one attached hydrogen (secondary N) is 1. The molecule has 0 radical (unpaired) electrons. The summed E-state index contributed by atoms with van der Waals surface area (Å²) in [5.74, 6) is 6.14. The zero-order chi connectivity index (χ0) is 15.4. The number of benzene rings is 2. The molecule has 0 amide bonds. The van der Waals surface area contributed by atoms with Gasteiger partial charge in [0.1, 0.15) is 5.82 Å². The molecule has 4 heteroatoms. The maximum atomic E-state index is 14.2. The normalized spacial score (nSPS) is 12.4. The molecule has 2 aromatic rings. The number of rotatable bonds is 5. The molecule has 0 fully saturated rings. The van der Waals surface area contributed by atoms with Crippen LogP contribution < -0.4 is 11.3 Å². The molecule has 0 aliphatic rings. The highest BCUT2D eigenvalue weighted by Gasteiger charge is 2.18. The molecule has 2 rings (SSSR count). The first-order chi connectivity index (χ1) is 10.0. The summed E-state index contributed by atoms with van der Waals surface area (Å²) < 4.78 is 14.2. The number of halogens is 1. The Bertz CT molecular complexity index is 605. The fourth-order valence-corrected chi connectivity index (χ4v) is 3.55. The van der Waals surface area contributed by atoms with Crippen molar-refractivity contribution in [3.63, 3.8) is 0 Å². The van der Waals surface area contributed by atoms with Gasteiger partial charge in [-0.3, -0.25) is 11.3 Å². The van der Waals surface area contributed by atoms with E-state index in [1.165, 1.54) is 10.5 Å². The van der Waals surface area contributed by atoms with Crippen LogP contribution in [-0.4, -0.2) is 5.75 Å². The molecule has 0 aromatic heterocycles. The second-order valence-corrected chi connectivity index (χ2v) is 6.33. The van der Waals surface area contributed by atoms with E-state index < -0.39 is 0 Å². The van der Waals surface area contributed by atoms with Crippen LogP contribution in [-0.2, 0) is 0 Å². The lowest BCUT2D eigenvalue weighted by Gasteiger charge is -2.20. The molecule has 0 spiro atoms. The van der Waals surface area contributed by atoms with Gasteiger partial charge in [-0.1, -0.05) is 24.3 Å². The zero-order valence-corrected chi connectivity index (χ0v) is 13.4. The van der Waals surface area contributed by atoms with Crippen molar-refractivity contribution in [1.82, 2.24) is 5.43 Å². The molecule has 0 bridgehead atoms. The van der Waals surface area contributed by atoms with Crippen molar-refractivity contribution in [3.8, 4) is 0 Å². The van der Waals surface area contributed by atoms with E-state index in [1.54, 1.807) is 17.8 Å². The summed E-state index contributed by atoms with van der Waals surface area (Å²) in [5, 5.41) is 0. The minimum Gasteiger partial charge on any atom is -0.271 e. The molecule has 1 unspecified atom stereocenters. The predicted octanol–water partition coefficient (Wildman–Crippen LogP) is 4.05. The Morgan fingerprint density at radius 3 is 2.48 bits per heavy atom. The van der Waals surface area contributed by atoms with Gasteiger partial charge < -0.3 is 0 Å². The van der Waals surface area contributed by atoms with Crippen molar-refractivity contribution in [3.05, 3.63) is 64.5 Å². The standard InChI is InChI=1S/C17H21FN2S/c1-11-8-13(3)17(14(18)9-11)15(20-19)10-21-16-7-5-4-6-12(16)2/h4-9,15,20H,10,19H2,1-3H3. The molecule has 0 saturated heterocycles. The molecule has 0 saturated carbocycles. The van der Waals surface area contributed by atoms with Gasteiger partial charge in [0.2, 0.25) is 0 Å². The second kappa shape index (κ2) is 7.07. The second-order valence-electron chi connectivity index (χ2n) is 5.27. The number of hydrogen-bond acceptors (Lipinski definition) is 3. The van der Waals surface area contributed by atoms with E-state index in [1.807, 2.05) is 32.0 Å². The Balaban J connectivity index is 2.20. The van der Waals surface area contributed by atoms with Gasteiger partial charge in [-0.2, -0.15) is 0 Å². The Kier molecular flexibility index (Phi) is 5.39. The van der Waals surface area contributed by atoms with E-state index in [4.69, 9.17) is 5.84 Å². The quantitative estimate of drug-likeness (QED) is 0.497. The van der Waals surface area contributed by atoms with Gasteiger partial charge in [0.25, 0.3) is 0 Å². The van der Waals surface area contributed by atoms with Crippen LogP contribution in [0.1, 0.15) is 28.3 Å². The minimum absolute atomic E-state index is 0.194. The third-order valence-corrected chi connectivity index (χ3v) is 4.80. The van der Waals surface area contributed by atoms with E-state index >= 15 is 0 Å². The van der Waals surface area contributed by atoms with Crippen molar-refractivity contribution in [2.24, 2.45) is 5.84 Å². The van der Waals surface area contributed by atoms with Crippen LogP contribution >= 0.6 is 11.8 Å². The first-order valence-corrected chi connectivity index (χ1v) is 7.92. The first-order valence-electron chi connectivity index (χ1n) is 6.94. The van der Waals surface area contributed by atoms with Crippen LogP contribution in [0, 0.1) is 26.6 Å². The predicted molar refractivity (Wildman–Crippen MR) is 87.8 cm³/mol. The number of hydrogen-bond donors (Lipinski definition) is 2. The van der Waals surface area contributed by atoms with E-state index in [-0.39, 0.29) is 11.9 Å². The molecule has 2 nitrogen and oxygen atoms in total. The molecule has 2 aromatic carbocycles. The van der Waals surface area contributed by atoms with Crippen molar-refractivity contribution in [2.45, 2.75) is 31.7 Å². The highest BCUT2D eigenvalue weighted by molar-refractivity contribution is 7.99. The van der Waals surface area contributed by atoms with E-state index in [2.05, 4.69) is 24.5 Å². The smallest absolute Gasteiger partial charge is 0.128 e. The molecule has 21 heavy (non-hydrogen) atoms. The van der Waals surface area contributed by atoms with Crippen molar-refractivity contribution in [2.75, 3.05) is 5.75 Å². The molecular weight excluding hydrogens is 283 g/mol. The van der Waals surface area contributed by atoms with Gasteiger partial charge in [0.05, 0.1) is 6.04 Å². The lowest BCUT2D eigenvalue weighted by Crippen LogP contribution is -2.31.